The van der Waals surface area contributed by atoms with Crippen LogP contribution >= 0.6 is 12.4 Å². The second-order valence-corrected chi connectivity index (χ2v) is 6.11. The van der Waals surface area contributed by atoms with Gasteiger partial charge in [0.1, 0.15) is 5.69 Å². The highest BCUT2D eigenvalue weighted by molar-refractivity contribution is 5.93. The molecule has 1 aliphatic rings. The summed E-state index contributed by atoms with van der Waals surface area (Å²) in [5.41, 5.74) is 6.92. The van der Waals surface area contributed by atoms with Crippen LogP contribution in [-0.2, 0) is 4.79 Å². The third kappa shape index (κ3) is 4.62. The van der Waals surface area contributed by atoms with E-state index in [1.54, 1.807) is 11.0 Å². The normalized spacial score (nSPS) is 16.7. The van der Waals surface area contributed by atoms with E-state index in [0.29, 0.717) is 31.9 Å². The Morgan fingerprint density at radius 1 is 1.31 bits per heavy atom. The van der Waals surface area contributed by atoms with Gasteiger partial charge in [-0.1, -0.05) is 35.5 Å². The molecule has 2 amide bonds. The molecule has 0 spiro atoms. The first kappa shape index (κ1) is 19.9. The molecule has 3 N–H and O–H groups in total. The minimum absolute atomic E-state index is 0. The Hall–Kier alpha value is -2.38. The number of rotatable bonds is 5. The van der Waals surface area contributed by atoms with Gasteiger partial charge in [-0.25, -0.2) is 0 Å². The fraction of sp³-hybridized carbons (Fsp3) is 0.389. The van der Waals surface area contributed by atoms with E-state index < -0.39 is 0 Å². The summed E-state index contributed by atoms with van der Waals surface area (Å²) in [6.45, 7) is 1.85. The lowest BCUT2D eigenvalue weighted by Crippen LogP contribution is -2.46. The van der Waals surface area contributed by atoms with Gasteiger partial charge in [0.2, 0.25) is 11.7 Å². The van der Waals surface area contributed by atoms with Crippen molar-refractivity contribution in [3.05, 3.63) is 42.2 Å². The van der Waals surface area contributed by atoms with Crippen LogP contribution in [0.25, 0.3) is 11.3 Å². The highest BCUT2D eigenvalue weighted by Crippen LogP contribution is 2.22. The van der Waals surface area contributed by atoms with Crippen molar-refractivity contribution in [2.45, 2.75) is 12.8 Å². The summed E-state index contributed by atoms with van der Waals surface area (Å²) in [4.78, 5) is 26.4. The first-order valence-corrected chi connectivity index (χ1v) is 8.48. The van der Waals surface area contributed by atoms with Gasteiger partial charge in [-0.2, -0.15) is 0 Å². The van der Waals surface area contributed by atoms with Gasteiger partial charge in [0.05, 0.1) is 5.92 Å². The number of benzene rings is 1. The van der Waals surface area contributed by atoms with E-state index in [4.69, 9.17) is 10.3 Å². The summed E-state index contributed by atoms with van der Waals surface area (Å²) in [6.07, 6.45) is 1.55. The van der Waals surface area contributed by atoms with Gasteiger partial charge in [0.15, 0.2) is 0 Å². The smallest absolute Gasteiger partial charge is 0.292 e. The van der Waals surface area contributed by atoms with Crippen molar-refractivity contribution >= 4 is 24.2 Å². The average molecular weight is 379 g/mol. The molecule has 0 radical (unpaired) electrons. The number of nitrogens with zero attached hydrogens (tertiary/aromatic N) is 2. The van der Waals surface area contributed by atoms with Crippen LogP contribution in [0.2, 0.25) is 0 Å². The molecule has 1 aromatic heterocycles. The van der Waals surface area contributed by atoms with E-state index >= 15 is 0 Å². The molecular weight excluding hydrogens is 356 g/mol. The summed E-state index contributed by atoms with van der Waals surface area (Å²) in [5.74, 6) is -0.292. The number of nitrogens with one attached hydrogen (secondary N) is 1. The Morgan fingerprint density at radius 2 is 2.08 bits per heavy atom. The van der Waals surface area contributed by atoms with Crippen LogP contribution < -0.4 is 11.1 Å². The van der Waals surface area contributed by atoms with Crippen LogP contribution in [0.5, 0.6) is 0 Å². The third-order valence-corrected chi connectivity index (χ3v) is 4.31. The van der Waals surface area contributed by atoms with Gasteiger partial charge in [-0.3, -0.25) is 9.59 Å². The zero-order valence-electron chi connectivity index (χ0n) is 14.4. The molecule has 140 valence electrons. The number of piperidine rings is 1. The maximum absolute atomic E-state index is 12.7. The van der Waals surface area contributed by atoms with Crippen molar-refractivity contribution in [1.29, 1.82) is 0 Å². The molecule has 1 fully saturated rings. The summed E-state index contributed by atoms with van der Waals surface area (Å²) < 4.78 is 5.24. The number of nitrogens with two attached hydrogens (primary N) is 1. The standard InChI is InChI=1S/C18H22N4O3.ClH/c19-8-9-20-17(23)14-7-4-10-22(12-14)18(24)16-11-15(21-25-16)13-5-2-1-3-6-13;/h1-3,5-6,11,14H,4,7-10,12,19H2,(H,20,23);1H. The fourth-order valence-corrected chi connectivity index (χ4v) is 2.99. The maximum Gasteiger partial charge on any atom is 0.292 e. The number of likely N-dealkylation sites (tertiary alicyclic amines) is 1. The van der Waals surface area contributed by atoms with E-state index in [-0.39, 0.29) is 35.9 Å². The van der Waals surface area contributed by atoms with Crippen molar-refractivity contribution in [2.75, 3.05) is 26.2 Å². The number of hydrogen-bond donors (Lipinski definition) is 2. The van der Waals surface area contributed by atoms with Gasteiger partial charge in [-0.05, 0) is 12.8 Å². The summed E-state index contributed by atoms with van der Waals surface area (Å²) in [7, 11) is 0. The van der Waals surface area contributed by atoms with E-state index in [2.05, 4.69) is 10.5 Å². The van der Waals surface area contributed by atoms with Gasteiger partial charge >= 0.3 is 0 Å². The van der Waals surface area contributed by atoms with Crippen LogP contribution in [-0.4, -0.2) is 48.0 Å². The lowest BCUT2D eigenvalue weighted by atomic mass is 9.97. The number of carbonyl (C=O) groups excluding carboxylic acids is 2. The van der Waals surface area contributed by atoms with E-state index in [9.17, 15) is 9.59 Å². The average Bonchev–Trinajstić information content (AvgIpc) is 3.16. The molecule has 1 saturated heterocycles. The second kappa shape index (κ2) is 9.35. The van der Waals surface area contributed by atoms with Crippen LogP contribution in [0.1, 0.15) is 23.4 Å². The largest absolute Gasteiger partial charge is 0.355 e. The molecule has 2 aromatic rings. The van der Waals surface area contributed by atoms with Crippen LogP contribution in [0.4, 0.5) is 0 Å². The van der Waals surface area contributed by atoms with Crippen molar-refractivity contribution in [3.8, 4) is 11.3 Å². The zero-order valence-corrected chi connectivity index (χ0v) is 15.2. The van der Waals surface area contributed by atoms with Crippen molar-refractivity contribution in [3.63, 3.8) is 0 Å². The quantitative estimate of drug-likeness (QED) is 0.824. The Bertz CT molecular complexity index is 735. The third-order valence-electron chi connectivity index (χ3n) is 4.31. The minimum Gasteiger partial charge on any atom is -0.355 e. The fourth-order valence-electron chi connectivity index (χ4n) is 2.99. The van der Waals surface area contributed by atoms with Crippen LogP contribution in [0.15, 0.2) is 40.9 Å². The SMILES string of the molecule is Cl.NCCNC(=O)C1CCCN(C(=O)c2cc(-c3ccccc3)no2)C1. The lowest BCUT2D eigenvalue weighted by Gasteiger charge is -2.31. The zero-order chi connectivity index (χ0) is 17.6. The molecule has 1 aromatic carbocycles. The van der Waals surface area contributed by atoms with Gasteiger partial charge < -0.3 is 20.5 Å². The Morgan fingerprint density at radius 3 is 2.81 bits per heavy atom. The summed E-state index contributed by atoms with van der Waals surface area (Å²) in [5, 5.41) is 6.77. The molecule has 2 heterocycles. The number of aromatic nitrogens is 1. The van der Waals surface area contributed by atoms with Crippen LogP contribution in [0, 0.1) is 5.92 Å². The van der Waals surface area contributed by atoms with E-state index in [1.807, 2.05) is 30.3 Å². The van der Waals surface area contributed by atoms with Crippen molar-refractivity contribution in [1.82, 2.24) is 15.4 Å². The minimum atomic E-state index is -0.231. The first-order chi connectivity index (χ1) is 12.2. The molecule has 0 bridgehead atoms. The summed E-state index contributed by atoms with van der Waals surface area (Å²) >= 11 is 0. The van der Waals surface area contributed by atoms with E-state index in [1.165, 1.54) is 0 Å². The maximum atomic E-state index is 12.7. The first-order valence-electron chi connectivity index (χ1n) is 8.48. The predicted octanol–water partition coefficient (Wildman–Crippen LogP) is 1.69. The molecule has 1 unspecified atom stereocenters. The highest BCUT2D eigenvalue weighted by atomic mass is 35.5. The monoisotopic (exact) mass is 378 g/mol. The second-order valence-electron chi connectivity index (χ2n) is 6.11. The Balaban J connectivity index is 0.00000243. The molecule has 8 heteroatoms. The molecule has 1 atom stereocenters. The topological polar surface area (TPSA) is 101 Å². The molecule has 0 saturated carbocycles. The Labute approximate surface area is 158 Å². The van der Waals surface area contributed by atoms with Gasteiger partial charge in [0.25, 0.3) is 5.91 Å². The number of hydrogen-bond acceptors (Lipinski definition) is 5. The molecule has 3 rings (SSSR count). The van der Waals surface area contributed by atoms with Crippen molar-refractivity contribution < 1.29 is 14.1 Å². The molecule has 7 nitrogen and oxygen atoms in total. The Kier molecular flexibility index (Phi) is 7.17. The van der Waals surface area contributed by atoms with Crippen molar-refractivity contribution in [2.24, 2.45) is 11.7 Å². The van der Waals surface area contributed by atoms with Gasteiger partial charge in [0, 0.05) is 37.8 Å². The summed E-state index contributed by atoms with van der Waals surface area (Å²) in [6, 6.07) is 11.2. The predicted molar refractivity (Wildman–Crippen MR) is 99.9 cm³/mol. The lowest BCUT2D eigenvalue weighted by molar-refractivity contribution is -0.126. The number of amides is 2. The molecule has 1 aliphatic heterocycles. The van der Waals surface area contributed by atoms with Gasteiger partial charge in [-0.15, -0.1) is 12.4 Å². The van der Waals surface area contributed by atoms with Crippen LogP contribution in [0.3, 0.4) is 0 Å². The highest BCUT2D eigenvalue weighted by Gasteiger charge is 2.30. The molecule has 0 aliphatic carbocycles. The number of halogens is 1. The van der Waals surface area contributed by atoms with E-state index in [0.717, 1.165) is 18.4 Å². The number of carbonyl (C=O) groups is 2. The molecule has 26 heavy (non-hydrogen) atoms. The molecular formula is C18H23ClN4O3.